The first-order valence-corrected chi connectivity index (χ1v) is 9.85. The van der Waals surface area contributed by atoms with Gasteiger partial charge in [-0.05, 0) is 31.7 Å². The van der Waals surface area contributed by atoms with Crippen LogP contribution in [0.3, 0.4) is 0 Å². The second kappa shape index (κ2) is 8.89. The van der Waals surface area contributed by atoms with Crippen LogP contribution in [0.2, 0.25) is 0 Å². The molecule has 1 N–H and O–H groups in total. The molecule has 0 bridgehead atoms. The lowest BCUT2D eigenvalue weighted by molar-refractivity contribution is -0.918. The molecule has 5 heteroatoms. The maximum atomic E-state index is 9.30. The zero-order valence-corrected chi connectivity index (χ0v) is 15.6. The van der Waals surface area contributed by atoms with Crippen LogP contribution in [0, 0.1) is 18.3 Å². The highest BCUT2D eigenvalue weighted by Crippen LogP contribution is 2.18. The summed E-state index contributed by atoms with van der Waals surface area (Å²) < 4.78 is 0. The number of hydrogen-bond donors (Lipinski definition) is 1. The number of likely N-dealkylation sites (tertiary alicyclic amines) is 1. The SMILES string of the molecule is Cc1csc([C@@H](C#N)C=NCc2ccc(C[NH+]3CCCCC3)cc2)n1. The van der Waals surface area contributed by atoms with Crippen molar-refractivity contribution in [3.05, 3.63) is 51.5 Å². The van der Waals surface area contributed by atoms with Gasteiger partial charge in [0.15, 0.2) is 0 Å². The standard InChI is InChI=1S/C20H24N4S/c1-16-15-25-20(23-16)19(11-21)13-22-12-17-5-7-18(8-6-17)14-24-9-3-2-4-10-24/h5-8,13,15,19H,2-4,9-10,12,14H2,1H3/p+1/t19-/m0/s1. The fourth-order valence-electron chi connectivity index (χ4n) is 3.21. The third-order valence-electron chi connectivity index (χ3n) is 4.61. The quantitative estimate of drug-likeness (QED) is 0.812. The van der Waals surface area contributed by atoms with Crippen LogP contribution in [0.4, 0.5) is 0 Å². The molecule has 1 aliphatic heterocycles. The van der Waals surface area contributed by atoms with Crippen LogP contribution in [-0.2, 0) is 13.1 Å². The van der Waals surface area contributed by atoms with Gasteiger partial charge in [0.2, 0.25) is 0 Å². The van der Waals surface area contributed by atoms with Crippen molar-refractivity contribution in [2.75, 3.05) is 13.1 Å². The average molecular weight is 354 g/mol. The summed E-state index contributed by atoms with van der Waals surface area (Å²) in [5.41, 5.74) is 3.54. The Balaban J connectivity index is 1.53. The van der Waals surface area contributed by atoms with Gasteiger partial charge >= 0.3 is 0 Å². The van der Waals surface area contributed by atoms with Gasteiger partial charge < -0.3 is 4.90 Å². The molecule has 130 valence electrons. The van der Waals surface area contributed by atoms with Crippen LogP contribution in [0.5, 0.6) is 0 Å². The van der Waals surface area contributed by atoms with Crippen molar-refractivity contribution in [2.45, 2.75) is 45.2 Å². The van der Waals surface area contributed by atoms with Crippen LogP contribution in [-0.4, -0.2) is 24.3 Å². The van der Waals surface area contributed by atoms with Crippen LogP contribution < -0.4 is 4.90 Å². The summed E-state index contributed by atoms with van der Waals surface area (Å²) in [6.45, 7) is 6.29. The monoisotopic (exact) mass is 353 g/mol. The second-order valence-electron chi connectivity index (χ2n) is 6.73. The van der Waals surface area contributed by atoms with Crippen LogP contribution in [0.15, 0.2) is 34.6 Å². The van der Waals surface area contributed by atoms with Gasteiger partial charge in [0, 0.05) is 22.9 Å². The number of rotatable bonds is 6. The Kier molecular flexibility index (Phi) is 6.32. The Morgan fingerprint density at radius 3 is 2.60 bits per heavy atom. The highest BCUT2D eigenvalue weighted by Gasteiger charge is 2.14. The fraction of sp³-hybridized carbons (Fsp3) is 0.450. The Morgan fingerprint density at radius 2 is 1.96 bits per heavy atom. The van der Waals surface area contributed by atoms with E-state index in [1.165, 1.54) is 54.8 Å². The molecule has 1 aliphatic rings. The van der Waals surface area contributed by atoms with Crippen molar-refractivity contribution in [1.29, 1.82) is 5.26 Å². The first kappa shape index (κ1) is 17.8. The van der Waals surface area contributed by atoms with Crippen molar-refractivity contribution in [1.82, 2.24) is 4.98 Å². The molecule has 0 saturated carbocycles. The lowest BCUT2D eigenvalue weighted by Gasteiger charge is -2.23. The number of piperidine rings is 1. The van der Waals surface area contributed by atoms with Crippen molar-refractivity contribution in [2.24, 2.45) is 4.99 Å². The maximum absolute atomic E-state index is 9.30. The smallest absolute Gasteiger partial charge is 0.133 e. The van der Waals surface area contributed by atoms with E-state index in [1.807, 2.05) is 12.3 Å². The van der Waals surface area contributed by atoms with Crippen molar-refractivity contribution < 1.29 is 4.90 Å². The summed E-state index contributed by atoms with van der Waals surface area (Å²) >= 11 is 1.52. The molecular weight excluding hydrogens is 328 g/mol. The number of nitrogens with one attached hydrogen (secondary N) is 1. The van der Waals surface area contributed by atoms with Crippen LogP contribution in [0.25, 0.3) is 0 Å². The van der Waals surface area contributed by atoms with Gasteiger partial charge in [0.25, 0.3) is 0 Å². The first-order valence-electron chi connectivity index (χ1n) is 8.97. The molecule has 0 aliphatic carbocycles. The third kappa shape index (κ3) is 5.22. The van der Waals surface area contributed by atoms with E-state index >= 15 is 0 Å². The van der Waals surface area contributed by atoms with Gasteiger partial charge in [-0.2, -0.15) is 5.26 Å². The zero-order chi connectivity index (χ0) is 17.5. The molecule has 25 heavy (non-hydrogen) atoms. The normalized spacial score (nSPS) is 16.8. The molecule has 1 fully saturated rings. The predicted molar refractivity (Wildman–Crippen MR) is 102 cm³/mol. The van der Waals surface area contributed by atoms with E-state index in [2.05, 4.69) is 40.3 Å². The number of quaternary nitrogens is 1. The number of benzene rings is 1. The molecule has 1 aromatic carbocycles. The fourth-order valence-corrected chi connectivity index (χ4v) is 4.01. The zero-order valence-electron chi connectivity index (χ0n) is 14.7. The number of aliphatic imine (C=N–C) groups is 1. The summed E-state index contributed by atoms with van der Waals surface area (Å²) in [6.07, 6.45) is 5.84. The third-order valence-corrected chi connectivity index (χ3v) is 5.65. The minimum Gasteiger partial charge on any atom is -0.331 e. The number of hydrogen-bond acceptors (Lipinski definition) is 4. The van der Waals surface area contributed by atoms with Gasteiger partial charge in [-0.15, -0.1) is 11.3 Å². The molecule has 0 radical (unpaired) electrons. The average Bonchev–Trinajstić information content (AvgIpc) is 3.07. The molecule has 2 aromatic rings. The summed E-state index contributed by atoms with van der Waals surface area (Å²) in [7, 11) is 0. The van der Waals surface area contributed by atoms with Crippen LogP contribution in [0.1, 0.15) is 47.0 Å². The maximum Gasteiger partial charge on any atom is 0.133 e. The largest absolute Gasteiger partial charge is 0.331 e. The molecule has 0 spiro atoms. The number of aryl methyl sites for hydroxylation is 1. The Morgan fingerprint density at radius 1 is 1.24 bits per heavy atom. The van der Waals surface area contributed by atoms with Crippen molar-refractivity contribution in [3.63, 3.8) is 0 Å². The van der Waals surface area contributed by atoms with Gasteiger partial charge in [0.05, 0.1) is 25.7 Å². The minimum atomic E-state index is -0.347. The molecular formula is C20H25N4S+. The number of aromatic nitrogens is 1. The van der Waals surface area contributed by atoms with E-state index in [0.717, 1.165) is 17.2 Å². The van der Waals surface area contributed by atoms with E-state index in [-0.39, 0.29) is 5.92 Å². The summed E-state index contributed by atoms with van der Waals surface area (Å²) in [5, 5.41) is 12.1. The molecule has 1 atom stereocenters. The molecule has 4 nitrogen and oxygen atoms in total. The lowest BCUT2D eigenvalue weighted by atomic mass is 10.1. The Hall–Kier alpha value is -2.03. The summed E-state index contributed by atoms with van der Waals surface area (Å²) in [4.78, 5) is 10.5. The molecule has 1 saturated heterocycles. The van der Waals surface area contributed by atoms with E-state index in [0.29, 0.717) is 6.54 Å². The highest BCUT2D eigenvalue weighted by atomic mass is 32.1. The van der Waals surface area contributed by atoms with E-state index in [1.54, 1.807) is 11.1 Å². The molecule has 3 rings (SSSR count). The Bertz CT molecular complexity index is 736. The minimum absolute atomic E-state index is 0.347. The summed E-state index contributed by atoms with van der Waals surface area (Å²) in [6, 6.07) is 11.0. The van der Waals surface area contributed by atoms with Gasteiger partial charge in [-0.1, -0.05) is 24.3 Å². The second-order valence-corrected chi connectivity index (χ2v) is 7.62. The number of nitriles is 1. The number of thiazole rings is 1. The van der Waals surface area contributed by atoms with Crippen molar-refractivity contribution >= 4 is 17.6 Å². The van der Waals surface area contributed by atoms with E-state index < -0.39 is 0 Å². The number of nitrogens with zero attached hydrogens (tertiary/aromatic N) is 3. The summed E-state index contributed by atoms with van der Waals surface area (Å²) in [5.74, 6) is -0.347. The van der Waals surface area contributed by atoms with Crippen LogP contribution >= 0.6 is 11.3 Å². The van der Waals surface area contributed by atoms with E-state index in [4.69, 9.17) is 0 Å². The first-order chi connectivity index (χ1) is 12.2. The lowest BCUT2D eigenvalue weighted by Crippen LogP contribution is -3.11. The predicted octanol–water partition coefficient (Wildman–Crippen LogP) is 2.90. The Labute approximate surface area is 153 Å². The van der Waals surface area contributed by atoms with Crippen molar-refractivity contribution in [3.8, 4) is 6.07 Å². The molecule has 0 unspecified atom stereocenters. The van der Waals surface area contributed by atoms with Gasteiger partial charge in [-0.25, -0.2) is 4.98 Å². The molecule has 0 amide bonds. The van der Waals surface area contributed by atoms with Gasteiger partial charge in [0.1, 0.15) is 17.5 Å². The molecule has 2 heterocycles. The van der Waals surface area contributed by atoms with Gasteiger partial charge in [-0.3, -0.25) is 4.99 Å². The highest BCUT2D eigenvalue weighted by molar-refractivity contribution is 7.09. The topological polar surface area (TPSA) is 53.5 Å². The van der Waals surface area contributed by atoms with E-state index in [9.17, 15) is 5.26 Å². The molecule has 1 aromatic heterocycles.